The summed E-state index contributed by atoms with van der Waals surface area (Å²) in [7, 11) is 0. The molecule has 2 atom stereocenters. The third-order valence-corrected chi connectivity index (χ3v) is 2.49. The molecule has 0 N–H and O–H groups in total. The predicted molar refractivity (Wildman–Crippen MR) is 66.7 cm³/mol. The number of rotatable bonds is 5. The van der Waals surface area contributed by atoms with Crippen molar-refractivity contribution in [1.29, 1.82) is 0 Å². The molecule has 0 spiro atoms. The van der Waals surface area contributed by atoms with Gasteiger partial charge in [0, 0.05) is 19.8 Å². The van der Waals surface area contributed by atoms with E-state index in [1.54, 1.807) is 0 Å². The Morgan fingerprint density at radius 3 is 2.22 bits per heavy atom. The molecule has 4 heteroatoms. The van der Waals surface area contributed by atoms with Gasteiger partial charge in [0.1, 0.15) is 6.10 Å². The van der Waals surface area contributed by atoms with Crippen molar-refractivity contribution in [2.75, 3.05) is 6.61 Å². The second-order valence-corrected chi connectivity index (χ2v) is 4.22. The molecule has 0 fully saturated rings. The lowest BCUT2D eigenvalue weighted by Gasteiger charge is -2.23. The van der Waals surface area contributed by atoms with E-state index in [1.165, 1.54) is 13.8 Å². The lowest BCUT2D eigenvalue weighted by molar-refractivity contribution is -0.152. The van der Waals surface area contributed by atoms with Gasteiger partial charge in [-0.3, -0.25) is 9.59 Å². The van der Waals surface area contributed by atoms with Crippen LogP contribution in [-0.2, 0) is 19.1 Å². The molecule has 0 aliphatic rings. The average molecular weight is 250 g/mol. The van der Waals surface area contributed by atoms with Crippen molar-refractivity contribution in [2.24, 2.45) is 5.92 Å². The van der Waals surface area contributed by atoms with Gasteiger partial charge < -0.3 is 9.47 Å². The van der Waals surface area contributed by atoms with Gasteiger partial charge in [-0.05, 0) is 5.56 Å². The minimum atomic E-state index is -0.400. The molecule has 0 amide bonds. The van der Waals surface area contributed by atoms with Crippen molar-refractivity contribution in [2.45, 2.75) is 26.9 Å². The fraction of sp³-hybridized carbons (Fsp3) is 0.429. The van der Waals surface area contributed by atoms with Gasteiger partial charge in [-0.25, -0.2) is 0 Å². The van der Waals surface area contributed by atoms with Gasteiger partial charge in [0.2, 0.25) is 0 Å². The van der Waals surface area contributed by atoms with Gasteiger partial charge in [-0.1, -0.05) is 37.3 Å². The maximum absolute atomic E-state index is 11.1. The monoisotopic (exact) mass is 250 g/mol. The summed E-state index contributed by atoms with van der Waals surface area (Å²) < 4.78 is 10.3. The Bertz CT molecular complexity index is 400. The number of carbonyl (C=O) groups excluding carboxylic acids is 2. The molecular weight excluding hydrogens is 232 g/mol. The van der Waals surface area contributed by atoms with E-state index in [2.05, 4.69) is 0 Å². The van der Waals surface area contributed by atoms with E-state index in [4.69, 9.17) is 9.47 Å². The van der Waals surface area contributed by atoms with Gasteiger partial charge in [0.25, 0.3) is 0 Å². The van der Waals surface area contributed by atoms with Crippen molar-refractivity contribution in [3.8, 4) is 0 Å². The maximum Gasteiger partial charge on any atom is 0.303 e. The number of hydrogen-bond donors (Lipinski definition) is 0. The summed E-state index contributed by atoms with van der Waals surface area (Å²) >= 11 is 0. The SMILES string of the molecule is CC(=O)OC[C@@H](C)C(OC(C)=O)c1ccccc1. The molecular formula is C14H18O4. The Morgan fingerprint density at radius 1 is 1.11 bits per heavy atom. The van der Waals surface area contributed by atoms with Crippen LogP contribution < -0.4 is 0 Å². The Labute approximate surface area is 107 Å². The second-order valence-electron chi connectivity index (χ2n) is 4.22. The lowest BCUT2D eigenvalue weighted by atomic mass is 9.98. The van der Waals surface area contributed by atoms with Crippen molar-refractivity contribution in [1.82, 2.24) is 0 Å². The molecule has 0 bridgehead atoms. The minimum Gasteiger partial charge on any atom is -0.465 e. The highest BCUT2D eigenvalue weighted by atomic mass is 16.6. The number of carbonyl (C=O) groups is 2. The minimum absolute atomic E-state index is 0.0970. The number of hydrogen-bond acceptors (Lipinski definition) is 4. The largest absolute Gasteiger partial charge is 0.465 e. The van der Waals surface area contributed by atoms with Crippen LogP contribution >= 0.6 is 0 Å². The van der Waals surface area contributed by atoms with Gasteiger partial charge in [-0.15, -0.1) is 0 Å². The van der Waals surface area contributed by atoms with Crippen LogP contribution in [0.5, 0.6) is 0 Å². The molecule has 98 valence electrons. The zero-order chi connectivity index (χ0) is 13.5. The van der Waals surface area contributed by atoms with Crippen molar-refractivity contribution >= 4 is 11.9 Å². The summed E-state index contributed by atoms with van der Waals surface area (Å²) in [6, 6.07) is 9.43. The van der Waals surface area contributed by atoms with E-state index in [0.717, 1.165) is 5.56 Å². The zero-order valence-electron chi connectivity index (χ0n) is 10.9. The Hall–Kier alpha value is -1.84. The van der Waals surface area contributed by atoms with E-state index in [9.17, 15) is 9.59 Å². The quantitative estimate of drug-likeness (QED) is 0.753. The fourth-order valence-electron chi connectivity index (χ4n) is 1.67. The normalized spacial score (nSPS) is 13.5. The molecule has 0 aromatic heterocycles. The van der Waals surface area contributed by atoms with Crippen LogP contribution in [0.2, 0.25) is 0 Å². The van der Waals surface area contributed by atoms with Crippen molar-refractivity contribution < 1.29 is 19.1 Å². The first kappa shape index (κ1) is 14.2. The zero-order valence-corrected chi connectivity index (χ0v) is 10.9. The predicted octanol–water partition coefficient (Wildman–Crippen LogP) is 2.49. The number of benzene rings is 1. The molecule has 0 aliphatic carbocycles. The maximum atomic E-state index is 11.1. The van der Waals surface area contributed by atoms with Crippen LogP contribution in [0.15, 0.2) is 30.3 Å². The Kier molecular flexibility index (Phi) is 5.36. The Balaban J connectivity index is 2.78. The summed E-state index contributed by atoms with van der Waals surface area (Å²) in [5.41, 5.74) is 0.896. The summed E-state index contributed by atoms with van der Waals surface area (Å²) in [5, 5.41) is 0. The first-order valence-corrected chi connectivity index (χ1v) is 5.86. The number of ether oxygens (including phenoxy) is 2. The molecule has 0 saturated carbocycles. The standard InChI is InChI=1S/C14H18O4/c1-10(9-17-11(2)15)14(18-12(3)16)13-7-5-4-6-8-13/h4-8,10,14H,9H2,1-3H3/t10-,14?/m1/s1. The van der Waals surface area contributed by atoms with Gasteiger partial charge in [0.15, 0.2) is 0 Å². The Morgan fingerprint density at radius 2 is 1.72 bits per heavy atom. The first-order valence-electron chi connectivity index (χ1n) is 5.86. The summed E-state index contributed by atoms with van der Waals surface area (Å²) in [6.07, 6.45) is -0.400. The number of esters is 2. The van der Waals surface area contributed by atoms with Gasteiger partial charge in [0.05, 0.1) is 6.61 Å². The van der Waals surface area contributed by atoms with Crippen LogP contribution in [0.25, 0.3) is 0 Å². The third kappa shape index (κ3) is 4.57. The lowest BCUT2D eigenvalue weighted by Crippen LogP contribution is -2.21. The molecule has 0 saturated heterocycles. The van der Waals surface area contributed by atoms with Gasteiger partial charge in [-0.2, -0.15) is 0 Å². The van der Waals surface area contributed by atoms with Crippen LogP contribution in [-0.4, -0.2) is 18.5 Å². The highest BCUT2D eigenvalue weighted by Crippen LogP contribution is 2.26. The van der Waals surface area contributed by atoms with Crippen LogP contribution in [0.3, 0.4) is 0 Å². The van der Waals surface area contributed by atoms with E-state index in [-0.39, 0.29) is 24.5 Å². The van der Waals surface area contributed by atoms with Crippen LogP contribution in [0.4, 0.5) is 0 Å². The van der Waals surface area contributed by atoms with E-state index in [0.29, 0.717) is 0 Å². The summed E-state index contributed by atoms with van der Waals surface area (Å²) in [6.45, 7) is 4.83. The van der Waals surface area contributed by atoms with Crippen molar-refractivity contribution in [3.63, 3.8) is 0 Å². The van der Waals surface area contributed by atoms with E-state index in [1.807, 2.05) is 37.3 Å². The fourth-order valence-corrected chi connectivity index (χ4v) is 1.67. The summed E-state index contributed by atoms with van der Waals surface area (Å²) in [5.74, 6) is -0.782. The average Bonchev–Trinajstić information content (AvgIpc) is 2.34. The van der Waals surface area contributed by atoms with E-state index < -0.39 is 6.10 Å². The third-order valence-electron chi connectivity index (χ3n) is 2.49. The molecule has 1 aromatic rings. The van der Waals surface area contributed by atoms with Crippen molar-refractivity contribution in [3.05, 3.63) is 35.9 Å². The molecule has 0 aliphatic heterocycles. The molecule has 0 radical (unpaired) electrons. The second kappa shape index (κ2) is 6.79. The summed E-state index contributed by atoms with van der Waals surface area (Å²) in [4.78, 5) is 21.9. The molecule has 1 unspecified atom stereocenters. The molecule has 18 heavy (non-hydrogen) atoms. The first-order chi connectivity index (χ1) is 8.50. The van der Waals surface area contributed by atoms with E-state index >= 15 is 0 Å². The van der Waals surface area contributed by atoms with Crippen LogP contribution in [0.1, 0.15) is 32.4 Å². The van der Waals surface area contributed by atoms with Gasteiger partial charge >= 0.3 is 11.9 Å². The molecule has 1 rings (SSSR count). The smallest absolute Gasteiger partial charge is 0.303 e. The topological polar surface area (TPSA) is 52.6 Å². The van der Waals surface area contributed by atoms with Crippen LogP contribution in [0, 0.1) is 5.92 Å². The highest BCUT2D eigenvalue weighted by molar-refractivity contribution is 5.66. The molecule has 1 aromatic carbocycles. The molecule has 0 heterocycles. The highest BCUT2D eigenvalue weighted by Gasteiger charge is 2.23. The molecule has 4 nitrogen and oxygen atoms in total.